The standard InChI is InChI=1S/C15H23NO/c1-14(2)10-5-11-15(3,4)16(14)12-6-8-13(17)9-7-12/h6-9,17H,5,10-11H2,1-4H3. The largest absolute Gasteiger partial charge is 0.508 e. The van der Waals surface area contributed by atoms with Gasteiger partial charge in [0.2, 0.25) is 0 Å². The first-order valence-corrected chi connectivity index (χ1v) is 6.42. The molecule has 1 heterocycles. The molecule has 1 aromatic carbocycles. The average molecular weight is 233 g/mol. The SMILES string of the molecule is CC1(C)CCCC(C)(C)N1c1ccc(O)cc1. The number of benzene rings is 1. The second-order valence-electron chi connectivity index (χ2n) is 6.33. The van der Waals surface area contributed by atoms with Crippen LogP contribution in [0.4, 0.5) is 5.69 Å². The number of piperidine rings is 1. The quantitative estimate of drug-likeness (QED) is 0.794. The summed E-state index contributed by atoms with van der Waals surface area (Å²) in [5.74, 6) is 0.335. The van der Waals surface area contributed by atoms with Gasteiger partial charge in [0.05, 0.1) is 0 Å². The highest BCUT2D eigenvalue weighted by Gasteiger charge is 2.41. The van der Waals surface area contributed by atoms with Crippen LogP contribution in [-0.4, -0.2) is 16.2 Å². The summed E-state index contributed by atoms with van der Waals surface area (Å²) in [4.78, 5) is 2.50. The molecule has 0 amide bonds. The van der Waals surface area contributed by atoms with E-state index >= 15 is 0 Å². The molecule has 0 atom stereocenters. The van der Waals surface area contributed by atoms with E-state index in [1.165, 1.54) is 24.9 Å². The van der Waals surface area contributed by atoms with Crippen LogP contribution in [-0.2, 0) is 0 Å². The van der Waals surface area contributed by atoms with Crippen LogP contribution in [0, 0.1) is 0 Å². The summed E-state index contributed by atoms with van der Waals surface area (Å²) in [6, 6.07) is 7.58. The maximum atomic E-state index is 9.40. The van der Waals surface area contributed by atoms with Gasteiger partial charge in [-0.1, -0.05) is 0 Å². The average Bonchev–Trinajstić information content (AvgIpc) is 2.18. The predicted molar refractivity (Wildman–Crippen MR) is 72.6 cm³/mol. The highest BCUT2D eigenvalue weighted by Crippen LogP contribution is 2.41. The van der Waals surface area contributed by atoms with Gasteiger partial charge in [0.15, 0.2) is 0 Å². The molecule has 17 heavy (non-hydrogen) atoms. The minimum Gasteiger partial charge on any atom is -0.508 e. The Morgan fingerprint density at radius 1 is 0.941 bits per heavy atom. The summed E-state index contributed by atoms with van der Waals surface area (Å²) in [6.07, 6.45) is 3.73. The van der Waals surface area contributed by atoms with Gasteiger partial charge >= 0.3 is 0 Å². The number of hydrogen-bond donors (Lipinski definition) is 1. The van der Waals surface area contributed by atoms with Crippen LogP contribution in [0.5, 0.6) is 5.75 Å². The number of anilines is 1. The van der Waals surface area contributed by atoms with Crippen molar-refractivity contribution < 1.29 is 5.11 Å². The molecule has 1 N–H and O–H groups in total. The Hall–Kier alpha value is -1.18. The number of nitrogens with zero attached hydrogens (tertiary/aromatic N) is 1. The zero-order valence-corrected chi connectivity index (χ0v) is 11.3. The van der Waals surface area contributed by atoms with Gasteiger partial charge in [0, 0.05) is 16.8 Å². The van der Waals surface area contributed by atoms with Gasteiger partial charge in [-0.05, 0) is 71.2 Å². The first-order valence-electron chi connectivity index (χ1n) is 6.42. The predicted octanol–water partition coefficient (Wildman–Crippen LogP) is 3.94. The minimum absolute atomic E-state index is 0.179. The normalized spacial score (nSPS) is 22.5. The molecule has 0 aliphatic carbocycles. The molecule has 1 fully saturated rings. The van der Waals surface area contributed by atoms with Crippen LogP contribution in [0.1, 0.15) is 47.0 Å². The van der Waals surface area contributed by atoms with E-state index in [1.807, 2.05) is 12.1 Å². The van der Waals surface area contributed by atoms with Gasteiger partial charge in [-0.25, -0.2) is 0 Å². The Bertz CT molecular complexity index is 376. The first kappa shape index (κ1) is 12.3. The lowest BCUT2D eigenvalue weighted by atomic mass is 9.79. The van der Waals surface area contributed by atoms with Gasteiger partial charge < -0.3 is 10.0 Å². The van der Waals surface area contributed by atoms with E-state index in [0.29, 0.717) is 5.75 Å². The van der Waals surface area contributed by atoms with Crippen molar-refractivity contribution in [1.29, 1.82) is 0 Å². The number of phenolic OH excluding ortho intramolecular Hbond substituents is 1. The van der Waals surface area contributed by atoms with Crippen molar-refractivity contribution in [1.82, 2.24) is 0 Å². The van der Waals surface area contributed by atoms with Crippen molar-refractivity contribution in [2.45, 2.75) is 58.0 Å². The Labute approximate surface area is 104 Å². The van der Waals surface area contributed by atoms with Crippen molar-refractivity contribution in [2.75, 3.05) is 4.90 Å². The summed E-state index contributed by atoms with van der Waals surface area (Å²) in [5.41, 5.74) is 1.56. The molecule has 2 heteroatoms. The van der Waals surface area contributed by atoms with E-state index in [-0.39, 0.29) is 11.1 Å². The molecule has 0 spiro atoms. The van der Waals surface area contributed by atoms with Crippen LogP contribution in [0.15, 0.2) is 24.3 Å². The molecule has 0 unspecified atom stereocenters. The second kappa shape index (κ2) is 3.94. The first-order chi connectivity index (χ1) is 7.83. The van der Waals surface area contributed by atoms with Crippen molar-refractivity contribution in [2.24, 2.45) is 0 Å². The van der Waals surface area contributed by atoms with Gasteiger partial charge in [-0.15, -0.1) is 0 Å². The molecule has 0 radical (unpaired) electrons. The van der Waals surface area contributed by atoms with Crippen LogP contribution >= 0.6 is 0 Å². The summed E-state index contributed by atoms with van der Waals surface area (Å²) in [6.45, 7) is 9.23. The van der Waals surface area contributed by atoms with Crippen LogP contribution in [0.2, 0.25) is 0 Å². The third kappa shape index (κ3) is 2.26. The van der Waals surface area contributed by atoms with E-state index < -0.39 is 0 Å². The minimum atomic E-state index is 0.179. The van der Waals surface area contributed by atoms with Gasteiger partial charge in [0.1, 0.15) is 5.75 Å². The Morgan fingerprint density at radius 3 is 1.88 bits per heavy atom. The van der Waals surface area contributed by atoms with Crippen molar-refractivity contribution in [3.63, 3.8) is 0 Å². The van der Waals surface area contributed by atoms with Crippen molar-refractivity contribution in [3.05, 3.63) is 24.3 Å². The van der Waals surface area contributed by atoms with Gasteiger partial charge in [-0.2, -0.15) is 0 Å². The van der Waals surface area contributed by atoms with Crippen molar-refractivity contribution in [3.8, 4) is 5.75 Å². The van der Waals surface area contributed by atoms with E-state index in [2.05, 4.69) is 32.6 Å². The highest BCUT2D eigenvalue weighted by atomic mass is 16.3. The molecular weight excluding hydrogens is 210 g/mol. The molecule has 0 saturated carbocycles. The Kier molecular flexibility index (Phi) is 2.84. The molecule has 0 aromatic heterocycles. The van der Waals surface area contributed by atoms with Crippen LogP contribution in [0.3, 0.4) is 0 Å². The lowest BCUT2D eigenvalue weighted by Gasteiger charge is -2.54. The molecule has 2 rings (SSSR count). The lowest BCUT2D eigenvalue weighted by Crippen LogP contribution is -2.58. The fourth-order valence-electron chi connectivity index (χ4n) is 3.30. The van der Waals surface area contributed by atoms with E-state index in [1.54, 1.807) is 12.1 Å². The molecule has 0 bridgehead atoms. The maximum absolute atomic E-state index is 9.40. The number of phenols is 1. The Morgan fingerprint density at radius 2 is 1.41 bits per heavy atom. The van der Waals surface area contributed by atoms with Crippen LogP contribution < -0.4 is 4.90 Å². The summed E-state index contributed by atoms with van der Waals surface area (Å²) < 4.78 is 0. The third-order valence-electron chi connectivity index (χ3n) is 3.90. The molecule has 2 nitrogen and oxygen atoms in total. The molecule has 94 valence electrons. The highest BCUT2D eigenvalue weighted by molar-refractivity contribution is 5.53. The lowest BCUT2D eigenvalue weighted by molar-refractivity contribution is 0.244. The maximum Gasteiger partial charge on any atom is 0.115 e. The zero-order chi connectivity index (χ0) is 12.7. The number of aromatic hydroxyl groups is 1. The second-order valence-corrected chi connectivity index (χ2v) is 6.33. The summed E-state index contributed by atoms with van der Waals surface area (Å²) in [5, 5.41) is 9.40. The summed E-state index contributed by atoms with van der Waals surface area (Å²) in [7, 11) is 0. The fourth-order valence-corrected chi connectivity index (χ4v) is 3.30. The van der Waals surface area contributed by atoms with E-state index in [0.717, 1.165) is 0 Å². The van der Waals surface area contributed by atoms with E-state index in [9.17, 15) is 5.11 Å². The van der Waals surface area contributed by atoms with E-state index in [4.69, 9.17) is 0 Å². The summed E-state index contributed by atoms with van der Waals surface area (Å²) >= 11 is 0. The van der Waals surface area contributed by atoms with Crippen LogP contribution in [0.25, 0.3) is 0 Å². The third-order valence-corrected chi connectivity index (χ3v) is 3.90. The molecule has 1 aliphatic heterocycles. The van der Waals surface area contributed by atoms with Gasteiger partial charge in [0.25, 0.3) is 0 Å². The van der Waals surface area contributed by atoms with Crippen molar-refractivity contribution >= 4 is 5.69 Å². The molecule has 1 aromatic rings. The topological polar surface area (TPSA) is 23.5 Å². The fraction of sp³-hybridized carbons (Fsp3) is 0.600. The number of hydrogen-bond acceptors (Lipinski definition) is 2. The molecular formula is C15H23NO. The zero-order valence-electron chi connectivity index (χ0n) is 11.3. The number of rotatable bonds is 1. The smallest absolute Gasteiger partial charge is 0.115 e. The Balaban J connectivity index is 2.41. The molecule has 1 aliphatic rings. The molecule has 1 saturated heterocycles. The monoisotopic (exact) mass is 233 g/mol. The van der Waals surface area contributed by atoms with Gasteiger partial charge in [-0.3, -0.25) is 0 Å².